The van der Waals surface area contributed by atoms with E-state index in [4.69, 9.17) is 10.2 Å². The van der Waals surface area contributed by atoms with Crippen LogP contribution in [0.2, 0.25) is 0 Å². The van der Waals surface area contributed by atoms with Crippen LogP contribution < -0.4 is 11.1 Å². The highest BCUT2D eigenvalue weighted by Gasteiger charge is 2.24. The SMILES string of the molecule is CC(Nc1nnc(N)o1)C1CCC1. The average molecular weight is 182 g/mol. The lowest BCUT2D eigenvalue weighted by molar-refractivity contribution is 0.282. The van der Waals surface area contributed by atoms with E-state index in [0.717, 1.165) is 5.92 Å². The van der Waals surface area contributed by atoms with E-state index in [-0.39, 0.29) is 6.01 Å². The molecule has 1 aromatic heterocycles. The average Bonchev–Trinajstić information content (AvgIpc) is 2.31. The highest BCUT2D eigenvalue weighted by atomic mass is 16.4. The van der Waals surface area contributed by atoms with Gasteiger partial charge in [-0.2, -0.15) is 0 Å². The maximum atomic E-state index is 5.30. The molecule has 1 fully saturated rings. The van der Waals surface area contributed by atoms with Gasteiger partial charge in [-0.05, 0) is 25.7 Å². The van der Waals surface area contributed by atoms with Crippen LogP contribution in [0.5, 0.6) is 0 Å². The number of nitrogens with zero attached hydrogens (tertiary/aromatic N) is 2. The van der Waals surface area contributed by atoms with Gasteiger partial charge in [-0.1, -0.05) is 16.6 Å². The lowest BCUT2D eigenvalue weighted by Gasteiger charge is -2.31. The molecule has 1 atom stereocenters. The van der Waals surface area contributed by atoms with E-state index in [1.165, 1.54) is 19.3 Å². The number of anilines is 2. The van der Waals surface area contributed by atoms with Gasteiger partial charge in [0.05, 0.1) is 0 Å². The zero-order chi connectivity index (χ0) is 9.26. The van der Waals surface area contributed by atoms with Gasteiger partial charge in [0.1, 0.15) is 0 Å². The van der Waals surface area contributed by atoms with Gasteiger partial charge >= 0.3 is 12.0 Å². The van der Waals surface area contributed by atoms with E-state index in [2.05, 4.69) is 22.4 Å². The van der Waals surface area contributed by atoms with Crippen LogP contribution >= 0.6 is 0 Å². The summed E-state index contributed by atoms with van der Waals surface area (Å²) < 4.78 is 5.02. The number of hydrogen-bond donors (Lipinski definition) is 2. The second-order valence-corrected chi connectivity index (χ2v) is 3.57. The molecule has 1 aliphatic carbocycles. The lowest BCUT2D eigenvalue weighted by atomic mass is 9.80. The van der Waals surface area contributed by atoms with Crippen molar-refractivity contribution in [3.05, 3.63) is 0 Å². The summed E-state index contributed by atoms with van der Waals surface area (Å²) in [6, 6.07) is 0.939. The van der Waals surface area contributed by atoms with Crippen molar-refractivity contribution in [3.8, 4) is 0 Å². The van der Waals surface area contributed by atoms with Crippen LogP contribution in [0, 0.1) is 5.92 Å². The second-order valence-electron chi connectivity index (χ2n) is 3.57. The Morgan fingerprint density at radius 3 is 2.77 bits per heavy atom. The zero-order valence-electron chi connectivity index (χ0n) is 7.66. The Bertz CT molecular complexity index is 281. The zero-order valence-corrected chi connectivity index (χ0v) is 7.66. The molecule has 3 N–H and O–H groups in total. The van der Waals surface area contributed by atoms with Crippen molar-refractivity contribution in [1.29, 1.82) is 0 Å². The number of nitrogens with two attached hydrogens (primary N) is 1. The van der Waals surface area contributed by atoms with Gasteiger partial charge < -0.3 is 15.5 Å². The largest absolute Gasteiger partial charge is 0.390 e. The maximum Gasteiger partial charge on any atom is 0.317 e. The highest BCUT2D eigenvalue weighted by molar-refractivity contribution is 5.24. The predicted molar refractivity (Wildman–Crippen MR) is 49.1 cm³/mol. The molecule has 0 radical (unpaired) electrons. The van der Waals surface area contributed by atoms with Crippen LogP contribution in [0.3, 0.4) is 0 Å². The summed E-state index contributed by atoms with van der Waals surface area (Å²) >= 11 is 0. The quantitative estimate of drug-likeness (QED) is 0.735. The molecule has 0 bridgehead atoms. The highest BCUT2D eigenvalue weighted by Crippen LogP contribution is 2.30. The molecule has 0 saturated heterocycles. The first kappa shape index (κ1) is 8.34. The Balaban J connectivity index is 1.89. The van der Waals surface area contributed by atoms with E-state index in [0.29, 0.717) is 12.1 Å². The van der Waals surface area contributed by atoms with Crippen LogP contribution in [0.15, 0.2) is 4.42 Å². The molecule has 0 aliphatic heterocycles. The fraction of sp³-hybridized carbons (Fsp3) is 0.750. The fourth-order valence-corrected chi connectivity index (χ4v) is 1.55. The van der Waals surface area contributed by atoms with Gasteiger partial charge in [0, 0.05) is 6.04 Å². The Kier molecular flexibility index (Phi) is 2.08. The van der Waals surface area contributed by atoms with Gasteiger partial charge in [-0.25, -0.2) is 0 Å². The molecule has 1 heterocycles. The van der Waals surface area contributed by atoms with Crippen molar-refractivity contribution in [2.75, 3.05) is 11.1 Å². The number of aromatic nitrogens is 2. The predicted octanol–water partition coefficient (Wildman–Crippen LogP) is 1.25. The minimum absolute atomic E-state index is 0.114. The normalized spacial score (nSPS) is 19.5. The smallest absolute Gasteiger partial charge is 0.317 e. The fourth-order valence-electron chi connectivity index (χ4n) is 1.55. The molecular weight excluding hydrogens is 168 g/mol. The Labute approximate surface area is 76.7 Å². The molecule has 0 aromatic carbocycles. The van der Waals surface area contributed by atoms with Gasteiger partial charge in [0.15, 0.2) is 0 Å². The summed E-state index contributed by atoms with van der Waals surface area (Å²) in [6.45, 7) is 2.13. The van der Waals surface area contributed by atoms with Gasteiger partial charge in [-0.3, -0.25) is 0 Å². The monoisotopic (exact) mass is 182 g/mol. The van der Waals surface area contributed by atoms with Crippen LogP contribution in [-0.2, 0) is 0 Å². The van der Waals surface area contributed by atoms with Gasteiger partial charge in [-0.15, -0.1) is 0 Å². The Morgan fingerprint density at radius 2 is 2.31 bits per heavy atom. The first-order valence-electron chi connectivity index (χ1n) is 4.61. The summed E-state index contributed by atoms with van der Waals surface area (Å²) in [5, 5.41) is 10.5. The minimum Gasteiger partial charge on any atom is -0.390 e. The van der Waals surface area contributed by atoms with Crippen molar-refractivity contribution in [2.45, 2.75) is 32.2 Å². The van der Waals surface area contributed by atoms with Crippen molar-refractivity contribution >= 4 is 12.0 Å². The molecule has 13 heavy (non-hydrogen) atoms. The number of nitrogens with one attached hydrogen (secondary N) is 1. The molecule has 5 nitrogen and oxygen atoms in total. The summed E-state index contributed by atoms with van der Waals surface area (Å²) in [6.07, 6.45) is 3.91. The lowest BCUT2D eigenvalue weighted by Crippen LogP contribution is -2.30. The van der Waals surface area contributed by atoms with Crippen LogP contribution in [0.1, 0.15) is 26.2 Å². The maximum absolute atomic E-state index is 5.30. The molecule has 1 unspecified atom stereocenters. The molecule has 0 amide bonds. The van der Waals surface area contributed by atoms with Crippen molar-refractivity contribution in [1.82, 2.24) is 10.2 Å². The van der Waals surface area contributed by atoms with Crippen LogP contribution in [0.4, 0.5) is 12.0 Å². The third-order valence-electron chi connectivity index (χ3n) is 2.65. The standard InChI is InChI=1S/C8H14N4O/c1-5(6-3-2-4-6)10-8-12-11-7(9)13-8/h5-6H,2-4H2,1H3,(H2,9,11)(H,10,12). The van der Waals surface area contributed by atoms with Crippen molar-refractivity contribution < 1.29 is 4.42 Å². The molecule has 2 rings (SSSR count). The Morgan fingerprint density at radius 1 is 1.54 bits per heavy atom. The van der Waals surface area contributed by atoms with Crippen molar-refractivity contribution in [3.63, 3.8) is 0 Å². The van der Waals surface area contributed by atoms with Crippen LogP contribution in [0.25, 0.3) is 0 Å². The topological polar surface area (TPSA) is 77.0 Å². The summed E-state index contributed by atoms with van der Waals surface area (Å²) in [5.41, 5.74) is 5.30. The van der Waals surface area contributed by atoms with Gasteiger partial charge in [0.25, 0.3) is 0 Å². The molecule has 1 aromatic rings. The van der Waals surface area contributed by atoms with E-state index < -0.39 is 0 Å². The molecule has 72 valence electrons. The summed E-state index contributed by atoms with van der Waals surface area (Å²) in [4.78, 5) is 0. The van der Waals surface area contributed by atoms with E-state index >= 15 is 0 Å². The minimum atomic E-state index is 0.114. The number of rotatable bonds is 3. The first-order valence-corrected chi connectivity index (χ1v) is 4.61. The third-order valence-corrected chi connectivity index (χ3v) is 2.65. The van der Waals surface area contributed by atoms with E-state index in [1.807, 2.05) is 0 Å². The van der Waals surface area contributed by atoms with Crippen LogP contribution in [-0.4, -0.2) is 16.2 Å². The summed E-state index contributed by atoms with van der Waals surface area (Å²) in [7, 11) is 0. The third kappa shape index (κ3) is 1.74. The molecule has 5 heteroatoms. The number of nitrogen functional groups attached to an aromatic ring is 1. The van der Waals surface area contributed by atoms with Crippen molar-refractivity contribution in [2.24, 2.45) is 5.92 Å². The second kappa shape index (κ2) is 3.24. The van der Waals surface area contributed by atoms with E-state index in [9.17, 15) is 0 Å². The molecule has 0 spiro atoms. The van der Waals surface area contributed by atoms with Gasteiger partial charge in [0.2, 0.25) is 0 Å². The molecule has 1 aliphatic rings. The summed E-state index contributed by atoms with van der Waals surface area (Å²) in [5.74, 6) is 0.744. The molecular formula is C8H14N4O. The molecule has 1 saturated carbocycles. The number of hydrogen-bond acceptors (Lipinski definition) is 5. The first-order chi connectivity index (χ1) is 6.25. The van der Waals surface area contributed by atoms with E-state index in [1.54, 1.807) is 0 Å². The Hall–Kier alpha value is -1.26.